The highest BCUT2D eigenvalue weighted by Crippen LogP contribution is 2.21. The third kappa shape index (κ3) is 4.13. The van der Waals surface area contributed by atoms with E-state index in [0.717, 1.165) is 11.1 Å². The molecule has 2 amide bonds. The Hall–Kier alpha value is -2.49. The molecule has 1 aromatic rings. The quantitative estimate of drug-likeness (QED) is 0.786. The maximum atomic E-state index is 13.6. The molecule has 0 saturated carbocycles. The molecular formula is C16H18FN3O5. The number of urea groups is 1. The lowest BCUT2D eigenvalue weighted by Crippen LogP contribution is -2.56. The van der Waals surface area contributed by atoms with Crippen molar-refractivity contribution in [2.45, 2.75) is 25.1 Å². The fourth-order valence-electron chi connectivity index (χ4n) is 2.44. The molecule has 0 radical (unpaired) electrons. The summed E-state index contributed by atoms with van der Waals surface area (Å²) in [6.45, 7) is 0.120. The molecule has 3 rings (SSSR count). The molecule has 2 aliphatic heterocycles. The smallest absolute Gasteiger partial charge is 0.338 e. The van der Waals surface area contributed by atoms with E-state index in [1.54, 1.807) is 30.3 Å². The topological polar surface area (TPSA) is 103 Å². The average Bonchev–Trinajstić information content (AvgIpc) is 2.63. The summed E-state index contributed by atoms with van der Waals surface area (Å²) in [6, 6.07) is 7.92. The van der Waals surface area contributed by atoms with Gasteiger partial charge >= 0.3 is 12.0 Å². The average molecular weight is 351 g/mol. The molecule has 1 fully saturated rings. The summed E-state index contributed by atoms with van der Waals surface area (Å²) in [5.74, 6) is -1.19. The summed E-state index contributed by atoms with van der Waals surface area (Å²) >= 11 is 0. The van der Waals surface area contributed by atoms with Crippen LogP contribution >= 0.6 is 0 Å². The van der Waals surface area contributed by atoms with Crippen molar-refractivity contribution in [2.75, 3.05) is 13.2 Å². The van der Waals surface area contributed by atoms with Crippen molar-refractivity contribution in [3.05, 3.63) is 47.9 Å². The summed E-state index contributed by atoms with van der Waals surface area (Å²) in [6.07, 6.45) is -1.41. The molecule has 8 nitrogen and oxygen atoms in total. The predicted molar refractivity (Wildman–Crippen MR) is 83.5 cm³/mol. The minimum Gasteiger partial charge on any atom is -0.457 e. The highest BCUT2D eigenvalue weighted by Gasteiger charge is 2.34. The van der Waals surface area contributed by atoms with Gasteiger partial charge in [-0.2, -0.15) is 0 Å². The van der Waals surface area contributed by atoms with Crippen molar-refractivity contribution in [1.29, 1.82) is 0 Å². The third-order valence-electron chi connectivity index (χ3n) is 3.72. The summed E-state index contributed by atoms with van der Waals surface area (Å²) in [4.78, 5) is 24.9. The molecule has 0 bridgehead atoms. The maximum Gasteiger partial charge on any atom is 0.338 e. The van der Waals surface area contributed by atoms with Crippen LogP contribution < -0.4 is 11.1 Å². The predicted octanol–water partition coefficient (Wildman–Crippen LogP) is 1.05. The lowest BCUT2D eigenvalue weighted by atomic mass is 10.2. The van der Waals surface area contributed by atoms with E-state index in [0.29, 0.717) is 12.0 Å². The van der Waals surface area contributed by atoms with E-state index >= 15 is 0 Å². The number of hydrogen-bond donors (Lipinski definition) is 2. The van der Waals surface area contributed by atoms with Crippen LogP contribution in [0.4, 0.5) is 9.18 Å². The number of amides is 2. The van der Waals surface area contributed by atoms with Gasteiger partial charge in [-0.15, -0.1) is 0 Å². The van der Waals surface area contributed by atoms with Crippen molar-refractivity contribution in [3.63, 3.8) is 0 Å². The van der Waals surface area contributed by atoms with Gasteiger partial charge in [0.05, 0.1) is 12.2 Å². The van der Waals surface area contributed by atoms with Crippen molar-refractivity contribution in [1.82, 2.24) is 10.2 Å². The number of hydrogen-bond acceptors (Lipinski definition) is 6. The number of benzene rings is 1. The monoisotopic (exact) mass is 351 g/mol. The molecule has 1 aromatic carbocycles. The second-order valence-electron chi connectivity index (χ2n) is 5.49. The minimum absolute atomic E-state index is 0.147. The molecule has 3 N–H and O–H groups in total. The molecule has 2 heterocycles. The van der Waals surface area contributed by atoms with Crippen molar-refractivity contribution in [2.24, 2.45) is 5.73 Å². The summed E-state index contributed by atoms with van der Waals surface area (Å²) in [5, 5.41) is 2.28. The fraction of sp³-hybridized carbons (Fsp3) is 0.375. The second-order valence-corrected chi connectivity index (χ2v) is 5.49. The van der Waals surface area contributed by atoms with Crippen molar-refractivity contribution in [3.8, 4) is 0 Å². The van der Waals surface area contributed by atoms with Gasteiger partial charge < -0.3 is 25.3 Å². The van der Waals surface area contributed by atoms with Gasteiger partial charge in [0.25, 0.3) is 0 Å². The lowest BCUT2D eigenvalue weighted by molar-refractivity contribution is -0.247. The van der Waals surface area contributed by atoms with Gasteiger partial charge in [-0.25, -0.2) is 14.0 Å². The first-order chi connectivity index (χ1) is 12.0. The zero-order valence-corrected chi connectivity index (χ0v) is 13.3. The highest BCUT2D eigenvalue weighted by molar-refractivity contribution is 5.89. The fourth-order valence-corrected chi connectivity index (χ4v) is 2.44. The number of nitrogens with two attached hydrogens (primary N) is 1. The number of carbonyl (C=O) groups is 2. The Morgan fingerprint density at radius 2 is 2.16 bits per heavy atom. The van der Waals surface area contributed by atoms with E-state index in [9.17, 15) is 14.0 Å². The number of esters is 1. The van der Waals surface area contributed by atoms with Crippen LogP contribution in [-0.4, -0.2) is 48.8 Å². The minimum atomic E-state index is -1.16. The molecule has 0 aliphatic carbocycles. The van der Waals surface area contributed by atoms with E-state index in [1.165, 1.54) is 0 Å². The van der Waals surface area contributed by atoms with Crippen LogP contribution in [0.15, 0.2) is 42.4 Å². The summed E-state index contributed by atoms with van der Waals surface area (Å²) in [5.41, 5.74) is 5.81. The molecule has 0 aromatic heterocycles. The SMILES string of the molecule is NC1NC(=O)N([C@@H]2CCO[C@H](COC(=O)c3ccccc3)O2)C=C1F. The van der Waals surface area contributed by atoms with Crippen LogP contribution in [-0.2, 0) is 14.2 Å². The van der Waals surface area contributed by atoms with Crippen molar-refractivity contribution < 1.29 is 28.2 Å². The van der Waals surface area contributed by atoms with E-state index < -0.39 is 36.5 Å². The number of carbonyl (C=O) groups excluding carboxylic acids is 2. The molecule has 2 aliphatic rings. The maximum absolute atomic E-state index is 13.6. The van der Waals surface area contributed by atoms with Gasteiger partial charge in [0.15, 0.2) is 12.1 Å². The Morgan fingerprint density at radius 1 is 1.40 bits per heavy atom. The van der Waals surface area contributed by atoms with Crippen LogP contribution in [0, 0.1) is 0 Å². The largest absolute Gasteiger partial charge is 0.457 e. The first-order valence-corrected chi connectivity index (χ1v) is 7.75. The van der Waals surface area contributed by atoms with Gasteiger partial charge in [-0.1, -0.05) is 18.2 Å². The number of rotatable bonds is 4. The van der Waals surface area contributed by atoms with Gasteiger partial charge in [0.2, 0.25) is 0 Å². The Balaban J connectivity index is 1.56. The van der Waals surface area contributed by atoms with Gasteiger partial charge in [0.1, 0.15) is 19.0 Å². The van der Waals surface area contributed by atoms with Gasteiger partial charge in [-0.05, 0) is 12.1 Å². The van der Waals surface area contributed by atoms with Crippen LogP contribution in [0.2, 0.25) is 0 Å². The molecule has 0 spiro atoms. The lowest BCUT2D eigenvalue weighted by Gasteiger charge is -2.37. The molecule has 1 saturated heterocycles. The van der Waals surface area contributed by atoms with Gasteiger partial charge in [-0.3, -0.25) is 4.90 Å². The van der Waals surface area contributed by atoms with E-state index in [4.69, 9.17) is 19.9 Å². The Kier molecular flexibility index (Phi) is 5.27. The first-order valence-electron chi connectivity index (χ1n) is 7.75. The zero-order valence-electron chi connectivity index (χ0n) is 13.3. The molecule has 25 heavy (non-hydrogen) atoms. The number of nitrogens with zero attached hydrogens (tertiary/aromatic N) is 1. The Morgan fingerprint density at radius 3 is 2.92 bits per heavy atom. The third-order valence-corrected chi connectivity index (χ3v) is 3.72. The van der Waals surface area contributed by atoms with E-state index in [-0.39, 0.29) is 13.2 Å². The number of halogens is 1. The highest BCUT2D eigenvalue weighted by atomic mass is 19.1. The first kappa shape index (κ1) is 17.3. The Labute approximate surface area is 143 Å². The Bertz CT molecular complexity index is 669. The van der Waals surface area contributed by atoms with Gasteiger partial charge in [0, 0.05) is 12.6 Å². The molecule has 1 unspecified atom stereocenters. The summed E-state index contributed by atoms with van der Waals surface area (Å²) < 4.78 is 29.7. The zero-order chi connectivity index (χ0) is 17.8. The van der Waals surface area contributed by atoms with Crippen molar-refractivity contribution >= 4 is 12.0 Å². The summed E-state index contributed by atoms with van der Waals surface area (Å²) in [7, 11) is 0. The van der Waals surface area contributed by atoms with Crippen LogP contribution in [0.1, 0.15) is 16.8 Å². The van der Waals surface area contributed by atoms with E-state index in [2.05, 4.69) is 5.32 Å². The second kappa shape index (κ2) is 7.60. The molecular weight excluding hydrogens is 333 g/mol. The normalized spacial score (nSPS) is 26.6. The van der Waals surface area contributed by atoms with E-state index in [1.807, 2.05) is 0 Å². The molecule has 3 atom stereocenters. The van der Waals surface area contributed by atoms with Crippen LogP contribution in [0.3, 0.4) is 0 Å². The number of ether oxygens (including phenoxy) is 3. The van der Waals surface area contributed by atoms with Crippen LogP contribution in [0.25, 0.3) is 0 Å². The molecule has 9 heteroatoms. The number of nitrogens with one attached hydrogen (secondary N) is 1. The molecule has 134 valence electrons. The van der Waals surface area contributed by atoms with Crippen LogP contribution in [0.5, 0.6) is 0 Å². The standard InChI is InChI=1S/C16H18FN3O5/c17-11-8-20(16(22)19-14(11)18)12-6-7-23-13(25-12)9-24-15(21)10-4-2-1-3-5-10/h1-5,8,12-14H,6-7,9,18H2,(H,19,22)/t12-,13-,14?/m0/s1.